The van der Waals surface area contributed by atoms with Crippen LogP contribution in [0.2, 0.25) is 0 Å². The molecular formula is C29H33ClO9. The minimum Gasteiger partial charge on any atom is -0.507 e. The summed E-state index contributed by atoms with van der Waals surface area (Å²) in [4.78, 5) is 49.5. The van der Waals surface area contributed by atoms with E-state index >= 15 is 0 Å². The minimum atomic E-state index is -0.657. The van der Waals surface area contributed by atoms with Crippen LogP contribution in [0.3, 0.4) is 0 Å². The molecule has 0 aliphatic heterocycles. The van der Waals surface area contributed by atoms with Crippen molar-refractivity contribution in [2.45, 2.75) is 38.5 Å². The third-order valence-corrected chi connectivity index (χ3v) is 6.55. The van der Waals surface area contributed by atoms with Gasteiger partial charge in [0.05, 0.1) is 43.4 Å². The highest BCUT2D eigenvalue weighted by Gasteiger charge is 2.34. The summed E-state index contributed by atoms with van der Waals surface area (Å²) in [7, 11) is 0. The van der Waals surface area contributed by atoms with E-state index in [1.165, 1.54) is 30.3 Å². The quantitative estimate of drug-likeness (QED) is 0.133. The smallest absolute Gasteiger partial charge is 0.201 e. The molecule has 0 amide bonds. The summed E-state index contributed by atoms with van der Waals surface area (Å²) in [5.41, 5.74) is -0.209. The van der Waals surface area contributed by atoms with Gasteiger partial charge in [0, 0.05) is 42.7 Å². The van der Waals surface area contributed by atoms with Crippen molar-refractivity contribution in [2.24, 2.45) is 0 Å². The van der Waals surface area contributed by atoms with Crippen LogP contribution in [0, 0.1) is 0 Å². The SMILES string of the molecule is O=C(CCl)CCCCOCCOCCOCCCCC(=O)c1cc(O)c2c(c1)C(=O)c1cccc(O)c1C2=O. The number of fused-ring (bicyclic) bond motifs is 2. The topological polar surface area (TPSA) is 136 Å². The van der Waals surface area contributed by atoms with Gasteiger partial charge in [0.2, 0.25) is 5.78 Å². The van der Waals surface area contributed by atoms with Gasteiger partial charge >= 0.3 is 0 Å². The lowest BCUT2D eigenvalue weighted by molar-refractivity contribution is -0.116. The third kappa shape index (κ3) is 8.44. The molecular weight excluding hydrogens is 528 g/mol. The van der Waals surface area contributed by atoms with Gasteiger partial charge in [-0.05, 0) is 43.9 Å². The Morgan fingerprint density at radius 3 is 1.92 bits per heavy atom. The second-order valence-corrected chi connectivity index (χ2v) is 9.39. The molecule has 0 saturated heterocycles. The number of ketones is 4. The fraction of sp³-hybridized carbons (Fsp3) is 0.448. The Balaban J connectivity index is 1.30. The van der Waals surface area contributed by atoms with E-state index in [1.807, 2.05) is 0 Å². The van der Waals surface area contributed by atoms with Gasteiger partial charge in [0.1, 0.15) is 17.3 Å². The number of hydrogen-bond acceptors (Lipinski definition) is 9. The number of rotatable bonds is 18. The summed E-state index contributed by atoms with van der Waals surface area (Å²) < 4.78 is 16.4. The van der Waals surface area contributed by atoms with Crippen molar-refractivity contribution in [3.05, 3.63) is 58.1 Å². The fourth-order valence-electron chi connectivity index (χ4n) is 4.21. The number of benzene rings is 2. The summed E-state index contributed by atoms with van der Waals surface area (Å²) >= 11 is 5.44. The van der Waals surface area contributed by atoms with Crippen LogP contribution in [0.5, 0.6) is 11.5 Å². The number of ether oxygens (including phenoxy) is 3. The molecule has 1 aliphatic carbocycles. The maximum atomic E-state index is 12.9. The van der Waals surface area contributed by atoms with Crippen LogP contribution in [0.4, 0.5) is 0 Å². The van der Waals surface area contributed by atoms with Gasteiger partial charge in [-0.3, -0.25) is 19.2 Å². The van der Waals surface area contributed by atoms with Crippen LogP contribution in [0.15, 0.2) is 30.3 Å². The predicted octanol–water partition coefficient (Wildman–Crippen LogP) is 4.25. The lowest BCUT2D eigenvalue weighted by Crippen LogP contribution is -2.22. The van der Waals surface area contributed by atoms with E-state index in [1.54, 1.807) is 0 Å². The standard InChI is InChI=1S/C29H33ClO9/c30-18-20(31)6-1-3-10-37-12-14-39-15-13-38-11-4-2-8-23(32)19-16-22-27(25(34)17-19)29(36)26-21(28(22)35)7-5-9-24(26)33/h5,7,9,16-17,33-34H,1-4,6,8,10-15,18H2. The van der Waals surface area contributed by atoms with Crippen molar-refractivity contribution in [1.82, 2.24) is 0 Å². The van der Waals surface area contributed by atoms with E-state index in [-0.39, 0.29) is 57.4 Å². The summed E-state index contributed by atoms with van der Waals surface area (Å²) in [5.74, 6) is -2.13. The third-order valence-electron chi connectivity index (χ3n) is 6.26. The lowest BCUT2D eigenvalue weighted by atomic mass is 9.82. The molecule has 0 bridgehead atoms. The maximum Gasteiger partial charge on any atom is 0.201 e. The Labute approximate surface area is 232 Å². The van der Waals surface area contributed by atoms with Crippen molar-refractivity contribution in [2.75, 3.05) is 45.5 Å². The van der Waals surface area contributed by atoms with Crippen molar-refractivity contribution in [3.8, 4) is 11.5 Å². The predicted molar refractivity (Wildman–Crippen MR) is 143 cm³/mol. The monoisotopic (exact) mass is 560 g/mol. The summed E-state index contributed by atoms with van der Waals surface area (Å²) in [6.45, 7) is 2.80. The molecule has 0 heterocycles. The molecule has 2 N–H and O–H groups in total. The van der Waals surface area contributed by atoms with E-state index in [0.717, 1.165) is 12.8 Å². The van der Waals surface area contributed by atoms with Crippen LogP contribution in [-0.4, -0.2) is 78.9 Å². The molecule has 0 radical (unpaired) electrons. The zero-order valence-electron chi connectivity index (χ0n) is 21.7. The first-order valence-corrected chi connectivity index (χ1v) is 13.5. The highest BCUT2D eigenvalue weighted by atomic mass is 35.5. The minimum absolute atomic E-state index is 0.0396. The first-order valence-electron chi connectivity index (χ1n) is 13.0. The van der Waals surface area contributed by atoms with Crippen LogP contribution >= 0.6 is 11.6 Å². The van der Waals surface area contributed by atoms with Gasteiger partial charge in [-0.1, -0.05) is 12.1 Å². The molecule has 0 atom stereocenters. The molecule has 0 aromatic heterocycles. The zero-order chi connectivity index (χ0) is 28.2. The van der Waals surface area contributed by atoms with Gasteiger partial charge in [-0.25, -0.2) is 0 Å². The van der Waals surface area contributed by atoms with E-state index in [9.17, 15) is 29.4 Å². The van der Waals surface area contributed by atoms with Gasteiger partial charge in [-0.2, -0.15) is 0 Å². The Hall–Kier alpha value is -3.11. The Morgan fingerprint density at radius 2 is 1.28 bits per heavy atom. The largest absolute Gasteiger partial charge is 0.507 e. The van der Waals surface area contributed by atoms with Crippen LogP contribution in [0.1, 0.15) is 80.7 Å². The van der Waals surface area contributed by atoms with Crippen molar-refractivity contribution >= 4 is 34.7 Å². The molecule has 0 unspecified atom stereocenters. The number of phenolic OH excluding ortho intramolecular Hbond substituents is 2. The van der Waals surface area contributed by atoms with Crippen LogP contribution < -0.4 is 0 Å². The summed E-state index contributed by atoms with van der Waals surface area (Å²) in [6, 6.07) is 6.72. The molecule has 9 nitrogen and oxygen atoms in total. The second kappa shape index (κ2) is 15.5. The number of hydrogen-bond donors (Lipinski definition) is 2. The van der Waals surface area contributed by atoms with Gasteiger partial charge in [0.25, 0.3) is 0 Å². The first kappa shape index (κ1) is 30.4. The molecule has 3 rings (SSSR count). The van der Waals surface area contributed by atoms with E-state index in [0.29, 0.717) is 58.9 Å². The molecule has 39 heavy (non-hydrogen) atoms. The van der Waals surface area contributed by atoms with E-state index in [2.05, 4.69) is 0 Å². The number of Topliss-reactive ketones (excluding diaryl/α,β-unsaturated/α-hetero) is 2. The number of unbranched alkanes of at least 4 members (excludes halogenated alkanes) is 2. The molecule has 1 aliphatic rings. The fourth-order valence-corrected chi connectivity index (χ4v) is 4.35. The normalized spacial score (nSPS) is 12.3. The van der Waals surface area contributed by atoms with Crippen LogP contribution in [0.25, 0.3) is 0 Å². The molecule has 0 spiro atoms. The average Bonchev–Trinajstić information content (AvgIpc) is 2.92. The first-order chi connectivity index (χ1) is 18.8. The Morgan fingerprint density at radius 1 is 0.692 bits per heavy atom. The molecule has 0 saturated carbocycles. The summed E-state index contributed by atoms with van der Waals surface area (Å²) in [6.07, 6.45) is 3.43. The zero-order valence-corrected chi connectivity index (χ0v) is 22.5. The molecule has 10 heteroatoms. The number of halogens is 1. The highest BCUT2D eigenvalue weighted by Crippen LogP contribution is 2.37. The van der Waals surface area contributed by atoms with Gasteiger partial charge in [0.15, 0.2) is 11.6 Å². The summed E-state index contributed by atoms with van der Waals surface area (Å²) in [5, 5.41) is 20.5. The van der Waals surface area contributed by atoms with Crippen molar-refractivity contribution in [3.63, 3.8) is 0 Å². The Kier molecular flexibility index (Phi) is 12.1. The van der Waals surface area contributed by atoms with Gasteiger partial charge in [-0.15, -0.1) is 11.6 Å². The molecule has 210 valence electrons. The molecule has 2 aromatic carbocycles. The number of carbonyl (C=O) groups is 4. The highest BCUT2D eigenvalue weighted by molar-refractivity contribution is 6.30. The maximum absolute atomic E-state index is 12.9. The second-order valence-electron chi connectivity index (χ2n) is 9.12. The van der Waals surface area contributed by atoms with E-state index < -0.39 is 17.3 Å². The number of aromatic hydroxyl groups is 2. The Bertz CT molecular complexity index is 1190. The number of alkyl halides is 1. The van der Waals surface area contributed by atoms with Crippen LogP contribution in [-0.2, 0) is 19.0 Å². The van der Waals surface area contributed by atoms with Crippen molar-refractivity contribution in [1.29, 1.82) is 0 Å². The molecule has 2 aromatic rings. The number of phenols is 2. The number of carbonyl (C=O) groups excluding carboxylic acids is 4. The average molecular weight is 561 g/mol. The van der Waals surface area contributed by atoms with E-state index in [4.69, 9.17) is 25.8 Å². The molecule has 0 fully saturated rings. The lowest BCUT2D eigenvalue weighted by Gasteiger charge is -2.20. The van der Waals surface area contributed by atoms with Gasteiger partial charge < -0.3 is 24.4 Å². The van der Waals surface area contributed by atoms with Crippen molar-refractivity contribution < 1.29 is 43.6 Å².